The molecule has 1 aromatic carbocycles. The zero-order valence-corrected chi connectivity index (χ0v) is 11.4. The van der Waals surface area contributed by atoms with Crippen molar-refractivity contribution in [2.45, 2.75) is 25.6 Å². The van der Waals surface area contributed by atoms with Crippen molar-refractivity contribution < 1.29 is 9.13 Å². The third kappa shape index (κ3) is 2.67. The molecule has 1 atom stereocenters. The lowest BCUT2D eigenvalue weighted by molar-refractivity contribution is 0.0504. The van der Waals surface area contributed by atoms with E-state index in [1.807, 2.05) is 6.07 Å². The van der Waals surface area contributed by atoms with Crippen molar-refractivity contribution in [3.8, 4) is 0 Å². The fourth-order valence-corrected chi connectivity index (χ4v) is 2.48. The molecule has 1 fully saturated rings. The average Bonchev–Trinajstić information content (AvgIpc) is 3.02. The van der Waals surface area contributed by atoms with Gasteiger partial charge in [0.05, 0.1) is 12.7 Å². The molecular formula is C15H15FN2O3. The predicted molar refractivity (Wildman–Crippen MR) is 74.7 cm³/mol. The summed E-state index contributed by atoms with van der Waals surface area (Å²) in [6.45, 7) is 0.583. The summed E-state index contributed by atoms with van der Waals surface area (Å²) in [5.74, 6) is -0.943. The Bertz CT molecular complexity index is 746. The Morgan fingerprint density at radius 3 is 2.67 bits per heavy atom. The van der Waals surface area contributed by atoms with E-state index in [2.05, 4.69) is 0 Å². The van der Waals surface area contributed by atoms with E-state index in [0.717, 1.165) is 22.7 Å². The Labute approximate surface area is 120 Å². The third-order valence-electron chi connectivity index (χ3n) is 3.55. The number of nitrogens with zero attached hydrogens (tertiary/aromatic N) is 2. The van der Waals surface area contributed by atoms with Gasteiger partial charge in [0.1, 0.15) is 6.23 Å². The maximum Gasteiger partial charge on any atom is 0.333 e. The fraction of sp³-hybridized carbons (Fsp3) is 0.333. The predicted octanol–water partition coefficient (Wildman–Crippen LogP) is 1.51. The lowest BCUT2D eigenvalue weighted by Gasteiger charge is -2.15. The molecule has 0 bridgehead atoms. The lowest BCUT2D eigenvalue weighted by atomic mass is 10.2. The second-order valence-corrected chi connectivity index (χ2v) is 5.01. The molecule has 0 radical (unpaired) electrons. The van der Waals surface area contributed by atoms with Crippen LogP contribution in [0.15, 0.2) is 46.1 Å². The highest BCUT2D eigenvalue weighted by atomic mass is 19.1. The van der Waals surface area contributed by atoms with Gasteiger partial charge in [-0.2, -0.15) is 4.39 Å². The van der Waals surface area contributed by atoms with Gasteiger partial charge >= 0.3 is 5.69 Å². The number of ether oxygens (including phenoxy) is 1. The maximum absolute atomic E-state index is 13.8. The van der Waals surface area contributed by atoms with Gasteiger partial charge in [-0.05, 0) is 18.4 Å². The first-order valence-electron chi connectivity index (χ1n) is 6.84. The van der Waals surface area contributed by atoms with E-state index in [-0.39, 0.29) is 6.54 Å². The van der Waals surface area contributed by atoms with Crippen LogP contribution >= 0.6 is 0 Å². The molecule has 2 heterocycles. The van der Waals surface area contributed by atoms with E-state index >= 15 is 0 Å². The van der Waals surface area contributed by atoms with Gasteiger partial charge in [0.25, 0.3) is 5.56 Å². The highest BCUT2D eigenvalue weighted by Crippen LogP contribution is 2.20. The first-order valence-corrected chi connectivity index (χ1v) is 6.84. The van der Waals surface area contributed by atoms with Gasteiger partial charge in [-0.3, -0.25) is 13.9 Å². The zero-order chi connectivity index (χ0) is 14.8. The molecule has 1 unspecified atom stereocenters. The molecule has 3 rings (SSSR count). The van der Waals surface area contributed by atoms with Gasteiger partial charge in [0.2, 0.25) is 5.82 Å². The van der Waals surface area contributed by atoms with E-state index in [1.165, 1.54) is 4.57 Å². The van der Waals surface area contributed by atoms with Crippen LogP contribution in [0.1, 0.15) is 24.6 Å². The van der Waals surface area contributed by atoms with Gasteiger partial charge in [-0.25, -0.2) is 4.79 Å². The van der Waals surface area contributed by atoms with Crippen LogP contribution < -0.4 is 11.2 Å². The van der Waals surface area contributed by atoms with Crippen LogP contribution in [0.3, 0.4) is 0 Å². The summed E-state index contributed by atoms with van der Waals surface area (Å²) in [7, 11) is 0. The monoisotopic (exact) mass is 290 g/mol. The van der Waals surface area contributed by atoms with Crippen molar-refractivity contribution >= 4 is 0 Å². The number of hydrogen-bond donors (Lipinski definition) is 0. The van der Waals surface area contributed by atoms with Crippen molar-refractivity contribution in [2.75, 3.05) is 6.61 Å². The molecule has 1 aromatic heterocycles. The largest absolute Gasteiger partial charge is 0.358 e. The molecule has 0 amide bonds. The molecule has 6 heteroatoms. The molecule has 0 aliphatic carbocycles. The van der Waals surface area contributed by atoms with Gasteiger partial charge in [-0.1, -0.05) is 30.3 Å². The summed E-state index contributed by atoms with van der Waals surface area (Å²) in [4.78, 5) is 24.3. The van der Waals surface area contributed by atoms with Crippen molar-refractivity contribution in [1.29, 1.82) is 0 Å². The van der Waals surface area contributed by atoms with Gasteiger partial charge in [0.15, 0.2) is 0 Å². The molecule has 1 aliphatic rings. The Morgan fingerprint density at radius 2 is 2.00 bits per heavy atom. The van der Waals surface area contributed by atoms with Crippen LogP contribution in [-0.2, 0) is 11.3 Å². The summed E-state index contributed by atoms with van der Waals surface area (Å²) in [5, 5.41) is 0. The fourth-order valence-electron chi connectivity index (χ4n) is 2.48. The zero-order valence-electron chi connectivity index (χ0n) is 11.4. The minimum atomic E-state index is -0.943. The quantitative estimate of drug-likeness (QED) is 0.861. The highest BCUT2D eigenvalue weighted by molar-refractivity contribution is 5.15. The highest BCUT2D eigenvalue weighted by Gasteiger charge is 2.22. The van der Waals surface area contributed by atoms with Crippen LogP contribution in [0.4, 0.5) is 4.39 Å². The molecule has 0 spiro atoms. The normalized spacial score (nSPS) is 18.0. The van der Waals surface area contributed by atoms with Crippen LogP contribution in [0.2, 0.25) is 0 Å². The van der Waals surface area contributed by atoms with Gasteiger partial charge in [-0.15, -0.1) is 0 Å². The second-order valence-electron chi connectivity index (χ2n) is 5.01. The van der Waals surface area contributed by atoms with Crippen molar-refractivity contribution in [3.05, 3.63) is 68.7 Å². The summed E-state index contributed by atoms with van der Waals surface area (Å²) in [6.07, 6.45) is 1.91. The molecular weight excluding hydrogens is 275 g/mol. The first-order chi connectivity index (χ1) is 10.2. The van der Waals surface area contributed by atoms with Gasteiger partial charge < -0.3 is 4.74 Å². The summed E-state index contributed by atoms with van der Waals surface area (Å²) >= 11 is 0. The van der Waals surface area contributed by atoms with Crippen LogP contribution in [-0.4, -0.2) is 15.7 Å². The topological polar surface area (TPSA) is 53.2 Å². The Kier molecular flexibility index (Phi) is 3.70. The number of halogens is 1. The minimum Gasteiger partial charge on any atom is -0.358 e. The number of hydrogen-bond acceptors (Lipinski definition) is 3. The van der Waals surface area contributed by atoms with Crippen molar-refractivity contribution in [3.63, 3.8) is 0 Å². The van der Waals surface area contributed by atoms with Crippen molar-refractivity contribution in [1.82, 2.24) is 9.13 Å². The number of rotatable bonds is 3. The molecule has 5 nitrogen and oxygen atoms in total. The van der Waals surface area contributed by atoms with E-state index in [0.29, 0.717) is 13.0 Å². The van der Waals surface area contributed by atoms with E-state index in [4.69, 9.17) is 4.74 Å². The summed E-state index contributed by atoms with van der Waals surface area (Å²) in [5.41, 5.74) is -0.684. The van der Waals surface area contributed by atoms with E-state index in [1.54, 1.807) is 24.3 Å². The molecule has 1 aliphatic heterocycles. The molecule has 0 N–H and O–H groups in total. The lowest BCUT2D eigenvalue weighted by Crippen LogP contribution is -2.42. The van der Waals surface area contributed by atoms with Gasteiger partial charge in [0, 0.05) is 6.61 Å². The average molecular weight is 290 g/mol. The van der Waals surface area contributed by atoms with E-state index < -0.39 is 23.3 Å². The SMILES string of the molecule is O=c1c(F)cn(C2CCCO2)c(=O)n1Cc1ccccc1. The summed E-state index contributed by atoms with van der Waals surface area (Å²) < 4.78 is 21.3. The molecule has 2 aromatic rings. The molecule has 21 heavy (non-hydrogen) atoms. The number of benzene rings is 1. The van der Waals surface area contributed by atoms with Crippen molar-refractivity contribution in [2.24, 2.45) is 0 Å². The maximum atomic E-state index is 13.8. The smallest absolute Gasteiger partial charge is 0.333 e. The summed E-state index contributed by atoms with van der Waals surface area (Å²) in [6, 6.07) is 9.01. The Balaban J connectivity index is 2.06. The Morgan fingerprint density at radius 1 is 1.24 bits per heavy atom. The van der Waals surface area contributed by atoms with E-state index in [9.17, 15) is 14.0 Å². The minimum absolute atomic E-state index is 0.0446. The van der Waals surface area contributed by atoms with Crippen LogP contribution in [0.5, 0.6) is 0 Å². The molecule has 110 valence electrons. The Hall–Kier alpha value is -2.21. The third-order valence-corrected chi connectivity index (χ3v) is 3.55. The van der Waals surface area contributed by atoms with Crippen LogP contribution in [0, 0.1) is 5.82 Å². The standard InChI is InChI=1S/C15H15FN2O3/c16-12-10-17(13-7-4-8-21-13)15(20)18(14(12)19)9-11-5-2-1-3-6-11/h1-3,5-6,10,13H,4,7-9H2. The number of aromatic nitrogens is 2. The van der Waals surface area contributed by atoms with Crippen LogP contribution in [0.25, 0.3) is 0 Å². The molecule has 1 saturated heterocycles. The first kappa shape index (κ1) is 13.8. The molecule has 0 saturated carbocycles. The second kappa shape index (κ2) is 5.65.